The number of amides is 1. The smallest absolute Gasteiger partial charge is 0.254 e. The molecule has 0 saturated carbocycles. The van der Waals surface area contributed by atoms with Crippen molar-refractivity contribution in [2.45, 2.75) is 31.0 Å². The second-order valence-electron chi connectivity index (χ2n) is 7.33. The van der Waals surface area contributed by atoms with Crippen LogP contribution in [0.5, 0.6) is 0 Å². The maximum absolute atomic E-state index is 13.1. The lowest BCUT2D eigenvalue weighted by molar-refractivity contribution is -0.0954. The van der Waals surface area contributed by atoms with E-state index in [4.69, 9.17) is 4.74 Å². The summed E-state index contributed by atoms with van der Waals surface area (Å²) in [5, 5.41) is 0. The first-order valence-electron chi connectivity index (χ1n) is 9.05. The Bertz CT molecular complexity index is 909. The summed E-state index contributed by atoms with van der Waals surface area (Å²) in [7, 11) is -3.36. The van der Waals surface area contributed by atoms with Crippen LogP contribution in [0, 0.1) is 5.92 Å². The monoisotopic (exact) mass is 387 g/mol. The molecule has 144 valence electrons. The molecule has 2 atom stereocenters. The molecule has 1 aliphatic heterocycles. The topological polar surface area (TPSA) is 63.7 Å². The lowest BCUT2D eigenvalue weighted by Crippen LogP contribution is -2.48. The van der Waals surface area contributed by atoms with Gasteiger partial charge in [0.15, 0.2) is 9.84 Å². The van der Waals surface area contributed by atoms with Gasteiger partial charge in [0.05, 0.1) is 17.5 Å². The molecule has 0 aliphatic carbocycles. The van der Waals surface area contributed by atoms with E-state index in [2.05, 4.69) is 13.8 Å². The molecule has 2 aromatic rings. The molecule has 0 bridgehead atoms. The Morgan fingerprint density at radius 2 is 1.78 bits per heavy atom. The summed E-state index contributed by atoms with van der Waals surface area (Å²) in [6.07, 6.45) is 0.867. The zero-order valence-corrected chi connectivity index (χ0v) is 16.6. The van der Waals surface area contributed by atoms with Crippen molar-refractivity contribution in [2.24, 2.45) is 5.92 Å². The van der Waals surface area contributed by atoms with E-state index < -0.39 is 9.84 Å². The number of hydrogen-bond acceptors (Lipinski definition) is 4. The van der Waals surface area contributed by atoms with Crippen LogP contribution in [0.3, 0.4) is 0 Å². The van der Waals surface area contributed by atoms with E-state index in [1.165, 1.54) is 12.1 Å². The fourth-order valence-corrected chi connectivity index (χ4v) is 3.88. The number of carbonyl (C=O) groups excluding carboxylic acids is 1. The minimum atomic E-state index is -3.36. The summed E-state index contributed by atoms with van der Waals surface area (Å²) in [6, 6.07) is 16.1. The molecular formula is C21H25NO4S. The Hall–Kier alpha value is -2.18. The van der Waals surface area contributed by atoms with Crippen molar-refractivity contribution in [3.8, 4) is 0 Å². The molecular weight excluding hydrogens is 362 g/mol. The van der Waals surface area contributed by atoms with Gasteiger partial charge in [-0.15, -0.1) is 0 Å². The Labute approximate surface area is 160 Å². The number of carbonyl (C=O) groups is 1. The van der Waals surface area contributed by atoms with Gasteiger partial charge in [0, 0.05) is 18.4 Å². The SMILES string of the molecule is CC(C)[C@H]1CN(C(=O)c2cccc(S(C)(=O)=O)c2)C[C@@H](c2ccccc2)O1. The van der Waals surface area contributed by atoms with Crippen molar-refractivity contribution < 1.29 is 17.9 Å². The quantitative estimate of drug-likeness (QED) is 0.807. The fraction of sp³-hybridized carbons (Fsp3) is 0.381. The second kappa shape index (κ2) is 7.82. The number of rotatable bonds is 4. The first kappa shape index (κ1) is 19.6. The van der Waals surface area contributed by atoms with Gasteiger partial charge >= 0.3 is 0 Å². The molecule has 1 aliphatic rings. The van der Waals surface area contributed by atoms with Crippen molar-refractivity contribution in [1.29, 1.82) is 0 Å². The van der Waals surface area contributed by atoms with Crippen LogP contribution in [0.15, 0.2) is 59.5 Å². The van der Waals surface area contributed by atoms with Gasteiger partial charge in [-0.25, -0.2) is 8.42 Å². The first-order valence-corrected chi connectivity index (χ1v) is 10.9. The summed E-state index contributed by atoms with van der Waals surface area (Å²) in [4.78, 5) is 15.0. The minimum absolute atomic E-state index is 0.0778. The van der Waals surface area contributed by atoms with E-state index in [0.717, 1.165) is 11.8 Å². The first-order chi connectivity index (χ1) is 12.8. The molecule has 3 rings (SSSR count). The molecule has 0 unspecified atom stereocenters. The largest absolute Gasteiger partial charge is 0.366 e. The van der Waals surface area contributed by atoms with Gasteiger partial charge in [0.25, 0.3) is 5.91 Å². The molecule has 1 heterocycles. The standard InChI is InChI=1S/C21H25NO4S/c1-15(2)19-13-22(14-20(26-19)16-8-5-4-6-9-16)21(23)17-10-7-11-18(12-17)27(3,24)25/h4-12,15,19-20H,13-14H2,1-3H3/t19-,20+/m1/s1. The predicted molar refractivity (Wildman–Crippen MR) is 104 cm³/mol. The highest BCUT2D eigenvalue weighted by Gasteiger charge is 2.33. The summed E-state index contributed by atoms with van der Waals surface area (Å²) < 4.78 is 29.9. The van der Waals surface area contributed by atoms with Crippen LogP contribution in [0.1, 0.15) is 35.9 Å². The van der Waals surface area contributed by atoms with Crippen LogP contribution in [0.25, 0.3) is 0 Å². The molecule has 1 amide bonds. The molecule has 1 saturated heterocycles. The van der Waals surface area contributed by atoms with Crippen LogP contribution in [0.2, 0.25) is 0 Å². The fourth-order valence-electron chi connectivity index (χ4n) is 3.22. The zero-order chi connectivity index (χ0) is 19.6. The predicted octanol–water partition coefficient (Wildman–Crippen LogP) is 3.33. The Morgan fingerprint density at radius 3 is 2.41 bits per heavy atom. The summed E-state index contributed by atoms with van der Waals surface area (Å²) in [5.41, 5.74) is 1.42. The van der Waals surface area contributed by atoms with Gasteiger partial charge in [-0.3, -0.25) is 4.79 Å². The molecule has 5 nitrogen and oxygen atoms in total. The van der Waals surface area contributed by atoms with Gasteiger partial charge in [-0.2, -0.15) is 0 Å². The number of ether oxygens (including phenoxy) is 1. The summed E-state index contributed by atoms with van der Waals surface area (Å²) in [6.45, 7) is 5.08. The second-order valence-corrected chi connectivity index (χ2v) is 9.34. The third-order valence-electron chi connectivity index (χ3n) is 4.84. The molecule has 0 aromatic heterocycles. The van der Waals surface area contributed by atoms with Crippen LogP contribution in [-0.2, 0) is 14.6 Å². The van der Waals surface area contributed by atoms with Crippen molar-refractivity contribution in [3.63, 3.8) is 0 Å². The van der Waals surface area contributed by atoms with Gasteiger partial charge in [-0.1, -0.05) is 50.2 Å². The van der Waals surface area contributed by atoms with Crippen LogP contribution in [0.4, 0.5) is 0 Å². The van der Waals surface area contributed by atoms with Crippen molar-refractivity contribution in [2.75, 3.05) is 19.3 Å². The molecule has 0 radical (unpaired) electrons. The number of morpholine rings is 1. The lowest BCUT2D eigenvalue weighted by atomic mass is 10.0. The molecule has 1 fully saturated rings. The van der Waals surface area contributed by atoms with E-state index in [0.29, 0.717) is 18.7 Å². The Morgan fingerprint density at radius 1 is 1.07 bits per heavy atom. The number of nitrogens with zero attached hydrogens (tertiary/aromatic N) is 1. The maximum Gasteiger partial charge on any atom is 0.254 e. The highest BCUT2D eigenvalue weighted by atomic mass is 32.2. The minimum Gasteiger partial charge on any atom is -0.366 e. The lowest BCUT2D eigenvalue weighted by Gasteiger charge is -2.40. The van der Waals surface area contributed by atoms with E-state index in [1.807, 2.05) is 30.3 Å². The number of sulfone groups is 1. The highest BCUT2D eigenvalue weighted by Crippen LogP contribution is 2.29. The average molecular weight is 388 g/mol. The Kier molecular flexibility index (Phi) is 5.67. The maximum atomic E-state index is 13.1. The third kappa shape index (κ3) is 4.57. The van der Waals surface area contributed by atoms with Gasteiger partial charge in [-0.05, 0) is 29.7 Å². The number of hydrogen-bond donors (Lipinski definition) is 0. The van der Waals surface area contributed by atoms with Crippen LogP contribution in [-0.4, -0.2) is 44.7 Å². The van der Waals surface area contributed by atoms with E-state index >= 15 is 0 Å². The Balaban J connectivity index is 1.89. The highest BCUT2D eigenvalue weighted by molar-refractivity contribution is 7.90. The number of benzene rings is 2. The normalized spacial score (nSPS) is 20.7. The molecule has 6 heteroatoms. The average Bonchev–Trinajstić information content (AvgIpc) is 2.67. The van der Waals surface area contributed by atoms with E-state index in [1.54, 1.807) is 17.0 Å². The molecule has 27 heavy (non-hydrogen) atoms. The van der Waals surface area contributed by atoms with Crippen LogP contribution >= 0.6 is 0 Å². The summed E-state index contributed by atoms with van der Waals surface area (Å²) >= 11 is 0. The van der Waals surface area contributed by atoms with E-state index in [9.17, 15) is 13.2 Å². The van der Waals surface area contributed by atoms with Crippen molar-refractivity contribution in [3.05, 3.63) is 65.7 Å². The van der Waals surface area contributed by atoms with Crippen molar-refractivity contribution in [1.82, 2.24) is 4.90 Å². The van der Waals surface area contributed by atoms with E-state index in [-0.39, 0.29) is 28.9 Å². The van der Waals surface area contributed by atoms with Crippen LogP contribution < -0.4 is 0 Å². The van der Waals surface area contributed by atoms with Gasteiger partial charge in [0.2, 0.25) is 0 Å². The molecule has 2 aromatic carbocycles. The van der Waals surface area contributed by atoms with Crippen molar-refractivity contribution >= 4 is 15.7 Å². The third-order valence-corrected chi connectivity index (χ3v) is 5.95. The van der Waals surface area contributed by atoms with Gasteiger partial charge < -0.3 is 9.64 Å². The molecule has 0 spiro atoms. The van der Waals surface area contributed by atoms with Gasteiger partial charge in [0.1, 0.15) is 6.10 Å². The molecule has 0 N–H and O–H groups in total. The summed E-state index contributed by atoms with van der Waals surface area (Å²) in [5.74, 6) is 0.0875. The zero-order valence-electron chi connectivity index (χ0n) is 15.8.